The summed E-state index contributed by atoms with van der Waals surface area (Å²) >= 11 is 0. The van der Waals surface area contributed by atoms with Crippen LogP contribution in [0.3, 0.4) is 0 Å². The molecule has 3 aromatic carbocycles. The predicted molar refractivity (Wildman–Crippen MR) is 163 cm³/mol. The summed E-state index contributed by atoms with van der Waals surface area (Å²) in [5, 5.41) is 2.48. The number of nitrogens with zero attached hydrogens (tertiary/aromatic N) is 3. The van der Waals surface area contributed by atoms with Gasteiger partial charge in [-0.3, -0.25) is 4.79 Å². The molecule has 0 saturated heterocycles. The fourth-order valence-corrected chi connectivity index (χ4v) is 6.80. The molecule has 1 atom stereocenters. The van der Waals surface area contributed by atoms with Gasteiger partial charge in [-0.15, -0.1) is 0 Å². The van der Waals surface area contributed by atoms with E-state index in [0.717, 1.165) is 39.8 Å². The summed E-state index contributed by atoms with van der Waals surface area (Å²) in [7, 11) is 2.80. The maximum atomic E-state index is 13.2. The molecule has 2 heterocycles. The molecule has 0 fully saturated rings. The number of aromatic nitrogens is 1. The van der Waals surface area contributed by atoms with E-state index in [2.05, 4.69) is 39.2 Å². The largest absolute Gasteiger partial charge is 0.398 e. The van der Waals surface area contributed by atoms with E-state index in [1.54, 1.807) is 23.8 Å². The summed E-state index contributed by atoms with van der Waals surface area (Å²) in [6, 6.07) is 21.8. The predicted octanol–water partition coefficient (Wildman–Crippen LogP) is 5.10. The van der Waals surface area contributed by atoms with Gasteiger partial charge < -0.3 is 19.7 Å². The van der Waals surface area contributed by atoms with Crippen LogP contribution in [0.25, 0.3) is 16.8 Å². The average molecular weight is 558 g/mol. The van der Waals surface area contributed by atoms with Crippen LogP contribution >= 0.6 is 0 Å². The Balaban J connectivity index is 1.27. The van der Waals surface area contributed by atoms with Crippen LogP contribution in [0, 0.1) is 0 Å². The molecule has 1 unspecified atom stereocenters. The molecule has 7 nitrogen and oxygen atoms in total. The molecule has 5 rings (SSSR count). The van der Waals surface area contributed by atoms with Crippen LogP contribution in [-0.2, 0) is 34.8 Å². The highest BCUT2D eigenvalue weighted by Gasteiger charge is 2.31. The third-order valence-electron chi connectivity index (χ3n) is 7.76. The SMILES string of the molecule is CC1CN(C(=O)/C=C/c2ccc(C[N+](C)(C)Cc3ccc(S(C)(=O)=O)n3C)cc2)c2cc(N)c3ccccc3c21. The minimum atomic E-state index is -3.26. The van der Waals surface area contributed by atoms with Crippen LogP contribution in [0.15, 0.2) is 77.8 Å². The van der Waals surface area contributed by atoms with Gasteiger partial charge in [-0.25, -0.2) is 8.42 Å². The Morgan fingerprint density at radius 3 is 2.35 bits per heavy atom. The van der Waals surface area contributed by atoms with Crippen molar-refractivity contribution in [1.29, 1.82) is 0 Å². The molecule has 1 aromatic heterocycles. The molecule has 1 aliphatic rings. The first kappa shape index (κ1) is 27.7. The Hall–Kier alpha value is -3.88. The van der Waals surface area contributed by atoms with Crippen LogP contribution < -0.4 is 10.6 Å². The number of carbonyl (C=O) groups excluding carboxylic acids is 1. The van der Waals surface area contributed by atoms with Crippen LogP contribution in [0.1, 0.15) is 35.2 Å². The number of nitrogen functional groups attached to an aromatic ring is 1. The highest BCUT2D eigenvalue weighted by atomic mass is 32.2. The monoisotopic (exact) mass is 557 g/mol. The lowest BCUT2D eigenvalue weighted by Gasteiger charge is -2.30. The smallest absolute Gasteiger partial charge is 0.251 e. The van der Waals surface area contributed by atoms with Crippen LogP contribution in [0.4, 0.5) is 11.4 Å². The average Bonchev–Trinajstić information content (AvgIpc) is 3.42. The van der Waals surface area contributed by atoms with Gasteiger partial charge in [0.05, 0.1) is 25.5 Å². The Kier molecular flexibility index (Phi) is 7.10. The van der Waals surface area contributed by atoms with Gasteiger partial charge in [-0.1, -0.05) is 55.5 Å². The molecule has 208 valence electrons. The third-order valence-corrected chi connectivity index (χ3v) is 8.93. The summed E-state index contributed by atoms with van der Waals surface area (Å²) in [5.74, 6) is 0.172. The standard InChI is InChI=1S/C32H37N4O3S/c1-22-19-35(29-18-28(33)26-8-6-7-9-27(26)32(22)29)30(37)16-14-23-10-12-24(13-11-23)20-36(3,4)21-25-15-17-31(34(25)2)40(5,38)39/h6-18,22H,19-21,33H2,1-5H3/q+1/b16-14+. The number of nitrogens with two attached hydrogens (primary N) is 1. The molecular formula is C32H37N4O3S+. The van der Waals surface area contributed by atoms with Crippen molar-refractivity contribution in [2.75, 3.05) is 37.5 Å². The van der Waals surface area contributed by atoms with Gasteiger partial charge in [0.2, 0.25) is 0 Å². The van der Waals surface area contributed by atoms with Gasteiger partial charge in [0.15, 0.2) is 9.84 Å². The van der Waals surface area contributed by atoms with Gasteiger partial charge in [0, 0.05) is 48.5 Å². The lowest BCUT2D eigenvalue weighted by molar-refractivity contribution is -0.917. The number of rotatable bonds is 7. The minimum Gasteiger partial charge on any atom is -0.398 e. The molecule has 0 aliphatic carbocycles. The topological polar surface area (TPSA) is 85.4 Å². The first-order chi connectivity index (χ1) is 18.8. The number of fused-ring (bicyclic) bond motifs is 3. The maximum Gasteiger partial charge on any atom is 0.251 e. The molecule has 2 N–H and O–H groups in total. The Morgan fingerprint density at radius 1 is 1.02 bits per heavy atom. The summed E-state index contributed by atoms with van der Waals surface area (Å²) < 4.78 is 26.4. The Morgan fingerprint density at radius 2 is 1.70 bits per heavy atom. The lowest BCUT2D eigenvalue weighted by Crippen LogP contribution is -2.38. The van der Waals surface area contributed by atoms with Crippen molar-refractivity contribution >= 4 is 44.0 Å². The zero-order valence-corrected chi connectivity index (χ0v) is 24.6. The number of hydrogen-bond donors (Lipinski definition) is 1. The van der Waals surface area contributed by atoms with Crippen LogP contribution in [0.2, 0.25) is 0 Å². The molecule has 8 heteroatoms. The molecule has 1 amide bonds. The first-order valence-electron chi connectivity index (χ1n) is 13.4. The maximum absolute atomic E-state index is 13.2. The number of sulfone groups is 1. The van der Waals surface area contributed by atoms with E-state index < -0.39 is 9.84 Å². The summed E-state index contributed by atoms with van der Waals surface area (Å²) in [5.41, 5.74) is 12.2. The summed E-state index contributed by atoms with van der Waals surface area (Å²) in [6.07, 6.45) is 4.73. The minimum absolute atomic E-state index is 0.0572. The Labute approximate surface area is 236 Å². The second-order valence-corrected chi connectivity index (χ2v) is 13.6. The van der Waals surface area contributed by atoms with Crippen molar-refractivity contribution in [3.63, 3.8) is 0 Å². The van der Waals surface area contributed by atoms with Crippen LogP contribution in [-0.4, -0.2) is 50.3 Å². The normalized spacial score (nSPS) is 15.7. The van der Waals surface area contributed by atoms with E-state index in [-0.39, 0.29) is 11.8 Å². The fraction of sp³-hybridized carbons (Fsp3) is 0.281. The van der Waals surface area contributed by atoms with Crippen molar-refractivity contribution in [1.82, 2.24) is 4.57 Å². The fourth-order valence-electron chi connectivity index (χ4n) is 5.87. The molecule has 40 heavy (non-hydrogen) atoms. The highest BCUT2D eigenvalue weighted by Crippen LogP contribution is 2.43. The number of quaternary nitrogens is 1. The van der Waals surface area contributed by atoms with Gasteiger partial charge in [-0.2, -0.15) is 0 Å². The first-order valence-corrected chi connectivity index (χ1v) is 15.3. The van der Waals surface area contributed by atoms with E-state index in [1.165, 1.54) is 11.8 Å². The number of benzene rings is 3. The summed E-state index contributed by atoms with van der Waals surface area (Å²) in [4.78, 5) is 15.1. The lowest BCUT2D eigenvalue weighted by atomic mass is 9.95. The van der Waals surface area contributed by atoms with Crippen molar-refractivity contribution in [3.05, 3.63) is 95.2 Å². The van der Waals surface area contributed by atoms with Crippen molar-refractivity contribution in [2.24, 2.45) is 7.05 Å². The molecule has 4 aromatic rings. The van der Waals surface area contributed by atoms with Crippen molar-refractivity contribution in [2.45, 2.75) is 31.0 Å². The van der Waals surface area contributed by atoms with E-state index in [0.29, 0.717) is 28.3 Å². The number of carbonyl (C=O) groups is 1. The molecular weight excluding hydrogens is 520 g/mol. The van der Waals surface area contributed by atoms with E-state index >= 15 is 0 Å². The Bertz CT molecular complexity index is 1730. The highest BCUT2D eigenvalue weighted by molar-refractivity contribution is 7.90. The van der Waals surface area contributed by atoms with Gasteiger partial charge in [-0.05, 0) is 40.8 Å². The van der Waals surface area contributed by atoms with Gasteiger partial charge in [0.1, 0.15) is 18.1 Å². The van der Waals surface area contributed by atoms with E-state index in [9.17, 15) is 13.2 Å². The molecule has 0 spiro atoms. The third kappa shape index (κ3) is 5.42. The number of amides is 1. The number of anilines is 2. The number of hydrogen-bond acceptors (Lipinski definition) is 4. The molecule has 0 saturated carbocycles. The second kappa shape index (κ2) is 10.3. The molecule has 0 bridgehead atoms. The van der Waals surface area contributed by atoms with Gasteiger partial charge in [0.25, 0.3) is 5.91 Å². The molecule has 1 aliphatic heterocycles. The quantitative estimate of drug-likeness (QED) is 0.195. The van der Waals surface area contributed by atoms with E-state index in [1.807, 2.05) is 53.4 Å². The molecule has 0 radical (unpaired) electrons. The van der Waals surface area contributed by atoms with E-state index in [4.69, 9.17) is 5.73 Å². The van der Waals surface area contributed by atoms with Crippen molar-refractivity contribution < 1.29 is 17.7 Å². The van der Waals surface area contributed by atoms with Crippen molar-refractivity contribution in [3.8, 4) is 0 Å². The van der Waals surface area contributed by atoms with Gasteiger partial charge >= 0.3 is 0 Å². The zero-order chi connectivity index (χ0) is 28.8. The zero-order valence-electron chi connectivity index (χ0n) is 23.8. The second-order valence-electron chi connectivity index (χ2n) is 11.6. The van der Waals surface area contributed by atoms with Crippen LogP contribution in [0.5, 0.6) is 0 Å². The summed E-state index contributed by atoms with van der Waals surface area (Å²) in [6.45, 7) is 4.25.